The van der Waals surface area contributed by atoms with E-state index in [2.05, 4.69) is 39.5 Å². The minimum absolute atomic E-state index is 0.171. The van der Waals surface area contributed by atoms with Gasteiger partial charge in [-0.05, 0) is 45.4 Å². The van der Waals surface area contributed by atoms with Gasteiger partial charge in [-0.15, -0.1) is 6.58 Å². The maximum atomic E-state index is 11.2. The number of allylic oxidation sites excluding steroid dienone is 5. The van der Waals surface area contributed by atoms with Crippen molar-refractivity contribution in [2.24, 2.45) is 11.3 Å². The van der Waals surface area contributed by atoms with E-state index in [1.54, 1.807) is 0 Å². The van der Waals surface area contributed by atoms with E-state index in [-0.39, 0.29) is 5.41 Å². The zero-order valence-corrected chi connectivity index (χ0v) is 11.3. The van der Waals surface area contributed by atoms with Crippen molar-refractivity contribution < 1.29 is 4.79 Å². The van der Waals surface area contributed by atoms with Crippen molar-refractivity contribution in [1.29, 1.82) is 0 Å². The molecule has 94 valence electrons. The highest BCUT2D eigenvalue weighted by Gasteiger charge is 2.30. The fourth-order valence-electron chi connectivity index (χ4n) is 2.58. The normalized spacial score (nSPS) is 25.7. The van der Waals surface area contributed by atoms with Crippen molar-refractivity contribution >= 4 is 6.29 Å². The summed E-state index contributed by atoms with van der Waals surface area (Å²) < 4.78 is 0. The Labute approximate surface area is 105 Å². The van der Waals surface area contributed by atoms with Gasteiger partial charge in [0, 0.05) is 5.41 Å². The second-order valence-corrected chi connectivity index (χ2v) is 5.49. The molecular formula is C16H24O. The van der Waals surface area contributed by atoms with Crippen LogP contribution in [-0.4, -0.2) is 6.29 Å². The van der Waals surface area contributed by atoms with Crippen LogP contribution >= 0.6 is 0 Å². The molecule has 0 N–H and O–H groups in total. The van der Waals surface area contributed by atoms with Crippen molar-refractivity contribution in [3.63, 3.8) is 0 Å². The summed E-state index contributed by atoms with van der Waals surface area (Å²) in [6, 6.07) is 0. The molecule has 0 bridgehead atoms. The Hall–Kier alpha value is -1.11. The quantitative estimate of drug-likeness (QED) is 0.505. The summed E-state index contributed by atoms with van der Waals surface area (Å²) in [5, 5.41) is 0. The molecule has 0 fully saturated rings. The van der Waals surface area contributed by atoms with Crippen LogP contribution in [0.2, 0.25) is 0 Å². The number of carbonyl (C=O) groups excluding carboxylic acids is 1. The lowest BCUT2D eigenvalue weighted by molar-refractivity contribution is -0.116. The van der Waals surface area contributed by atoms with E-state index in [1.165, 1.54) is 11.1 Å². The van der Waals surface area contributed by atoms with Crippen molar-refractivity contribution in [1.82, 2.24) is 0 Å². The highest BCUT2D eigenvalue weighted by atomic mass is 16.1. The Morgan fingerprint density at radius 3 is 2.71 bits per heavy atom. The first-order chi connectivity index (χ1) is 8.03. The molecule has 1 aliphatic rings. The van der Waals surface area contributed by atoms with Crippen LogP contribution in [0.4, 0.5) is 0 Å². The van der Waals surface area contributed by atoms with E-state index in [0.29, 0.717) is 5.92 Å². The predicted molar refractivity (Wildman–Crippen MR) is 73.8 cm³/mol. The second kappa shape index (κ2) is 6.00. The summed E-state index contributed by atoms with van der Waals surface area (Å²) in [5.74, 6) is 0.508. The number of aldehydes is 1. The summed E-state index contributed by atoms with van der Waals surface area (Å²) in [7, 11) is 0. The summed E-state index contributed by atoms with van der Waals surface area (Å²) in [5.41, 5.74) is 2.67. The first-order valence-corrected chi connectivity index (χ1v) is 6.44. The van der Waals surface area contributed by atoms with Crippen molar-refractivity contribution in [3.8, 4) is 0 Å². The van der Waals surface area contributed by atoms with Gasteiger partial charge in [0.1, 0.15) is 6.29 Å². The lowest BCUT2D eigenvalue weighted by Gasteiger charge is -2.31. The number of carbonyl (C=O) groups is 1. The van der Waals surface area contributed by atoms with Crippen LogP contribution in [0.3, 0.4) is 0 Å². The van der Waals surface area contributed by atoms with E-state index in [1.807, 2.05) is 6.08 Å². The molecule has 1 rings (SSSR count). The monoisotopic (exact) mass is 232 g/mol. The van der Waals surface area contributed by atoms with Crippen LogP contribution in [0, 0.1) is 11.3 Å². The molecule has 0 spiro atoms. The third-order valence-corrected chi connectivity index (χ3v) is 3.65. The topological polar surface area (TPSA) is 17.1 Å². The number of hydrogen-bond donors (Lipinski definition) is 0. The highest BCUT2D eigenvalue weighted by molar-refractivity contribution is 5.61. The van der Waals surface area contributed by atoms with E-state index in [4.69, 9.17) is 0 Å². The molecule has 17 heavy (non-hydrogen) atoms. The average molecular weight is 232 g/mol. The summed E-state index contributed by atoms with van der Waals surface area (Å²) >= 11 is 0. The molecule has 0 saturated carbocycles. The lowest BCUT2D eigenvalue weighted by atomic mass is 9.72. The molecule has 1 aliphatic carbocycles. The molecule has 2 unspecified atom stereocenters. The third kappa shape index (κ3) is 3.69. The fraction of sp³-hybridized carbons (Fsp3) is 0.562. The SMILES string of the molecule is C=CCC1(C=O)CC=C(C(C)C=C(C)C)CC1. The summed E-state index contributed by atoms with van der Waals surface area (Å²) in [6.07, 6.45) is 11.3. The summed E-state index contributed by atoms with van der Waals surface area (Å²) in [4.78, 5) is 11.2. The van der Waals surface area contributed by atoms with E-state index in [0.717, 1.165) is 32.0 Å². The Kier molecular flexibility index (Phi) is 4.92. The minimum Gasteiger partial charge on any atom is -0.303 e. The smallest absolute Gasteiger partial charge is 0.126 e. The molecule has 1 nitrogen and oxygen atoms in total. The van der Waals surface area contributed by atoms with Gasteiger partial charge >= 0.3 is 0 Å². The maximum Gasteiger partial charge on any atom is 0.126 e. The molecule has 1 heteroatoms. The van der Waals surface area contributed by atoms with Gasteiger partial charge in [-0.2, -0.15) is 0 Å². The van der Waals surface area contributed by atoms with Crippen molar-refractivity contribution in [2.75, 3.05) is 0 Å². The number of hydrogen-bond acceptors (Lipinski definition) is 1. The van der Waals surface area contributed by atoms with E-state index < -0.39 is 0 Å². The third-order valence-electron chi connectivity index (χ3n) is 3.65. The molecular weight excluding hydrogens is 208 g/mol. The maximum absolute atomic E-state index is 11.2. The molecule has 0 aromatic rings. The highest BCUT2D eigenvalue weighted by Crippen LogP contribution is 2.39. The molecule has 0 saturated heterocycles. The largest absolute Gasteiger partial charge is 0.303 e. The standard InChI is InChI=1S/C16H24O/c1-5-8-16(12-17)9-6-15(7-10-16)14(4)11-13(2)3/h5-6,11-12,14H,1,7-10H2,2-4H3. The van der Waals surface area contributed by atoms with E-state index in [9.17, 15) is 4.79 Å². The van der Waals surface area contributed by atoms with Crippen LogP contribution in [0.25, 0.3) is 0 Å². The zero-order chi connectivity index (χ0) is 12.9. The Morgan fingerprint density at radius 1 is 1.59 bits per heavy atom. The van der Waals surface area contributed by atoms with Crippen LogP contribution in [0.15, 0.2) is 36.0 Å². The Morgan fingerprint density at radius 2 is 2.29 bits per heavy atom. The Bertz CT molecular complexity index is 345. The van der Waals surface area contributed by atoms with Gasteiger partial charge in [-0.25, -0.2) is 0 Å². The molecule has 0 aromatic heterocycles. The minimum atomic E-state index is -0.171. The van der Waals surface area contributed by atoms with E-state index >= 15 is 0 Å². The predicted octanol–water partition coefficient (Wildman–Crippen LogP) is 4.46. The number of rotatable bonds is 5. The molecule has 0 radical (unpaired) electrons. The molecule has 0 amide bonds. The molecule has 0 heterocycles. The van der Waals surface area contributed by atoms with Gasteiger partial charge in [-0.1, -0.05) is 36.3 Å². The van der Waals surface area contributed by atoms with Gasteiger partial charge < -0.3 is 4.79 Å². The van der Waals surface area contributed by atoms with Crippen LogP contribution in [-0.2, 0) is 4.79 Å². The zero-order valence-electron chi connectivity index (χ0n) is 11.3. The van der Waals surface area contributed by atoms with Gasteiger partial charge in [0.05, 0.1) is 0 Å². The van der Waals surface area contributed by atoms with Gasteiger partial charge in [0.25, 0.3) is 0 Å². The second-order valence-electron chi connectivity index (χ2n) is 5.49. The van der Waals surface area contributed by atoms with Crippen molar-refractivity contribution in [2.45, 2.75) is 46.5 Å². The fourth-order valence-corrected chi connectivity index (χ4v) is 2.58. The van der Waals surface area contributed by atoms with Crippen LogP contribution in [0.1, 0.15) is 46.5 Å². The lowest BCUT2D eigenvalue weighted by Crippen LogP contribution is -2.25. The summed E-state index contributed by atoms with van der Waals surface area (Å²) in [6.45, 7) is 10.3. The van der Waals surface area contributed by atoms with Crippen molar-refractivity contribution in [3.05, 3.63) is 36.0 Å². The van der Waals surface area contributed by atoms with Gasteiger partial charge in [0.2, 0.25) is 0 Å². The first kappa shape index (κ1) is 14.0. The molecule has 0 aliphatic heterocycles. The molecule has 2 atom stereocenters. The first-order valence-electron chi connectivity index (χ1n) is 6.44. The van der Waals surface area contributed by atoms with Crippen LogP contribution in [0.5, 0.6) is 0 Å². The van der Waals surface area contributed by atoms with Gasteiger partial charge in [-0.3, -0.25) is 0 Å². The van der Waals surface area contributed by atoms with Gasteiger partial charge in [0.15, 0.2) is 0 Å². The average Bonchev–Trinajstić information content (AvgIpc) is 2.29. The molecule has 0 aromatic carbocycles. The van der Waals surface area contributed by atoms with Crippen LogP contribution < -0.4 is 0 Å². The Balaban J connectivity index is 2.75.